The Hall–Kier alpha value is -1.40. The van der Waals surface area contributed by atoms with Crippen molar-refractivity contribution in [2.24, 2.45) is 17.6 Å². The molecule has 5 nitrogen and oxygen atoms in total. The van der Waals surface area contributed by atoms with Crippen LogP contribution in [0.5, 0.6) is 0 Å². The first-order valence-electron chi connectivity index (χ1n) is 7.00. The lowest BCUT2D eigenvalue weighted by Crippen LogP contribution is -2.35. The first kappa shape index (κ1) is 17.7. The molecule has 3 N–H and O–H groups in total. The van der Waals surface area contributed by atoms with E-state index in [1.807, 2.05) is 0 Å². The van der Waals surface area contributed by atoms with Crippen LogP contribution in [0, 0.1) is 11.8 Å². The number of carbonyl (C=O) groups excluding carboxylic acids is 1. The van der Waals surface area contributed by atoms with Gasteiger partial charge in [0, 0.05) is 19.3 Å². The van der Waals surface area contributed by atoms with Crippen LogP contribution in [0.3, 0.4) is 0 Å². The van der Waals surface area contributed by atoms with Gasteiger partial charge in [-0.2, -0.15) is 0 Å². The summed E-state index contributed by atoms with van der Waals surface area (Å²) in [7, 11) is -3.19. The molecule has 21 heavy (non-hydrogen) atoms. The fourth-order valence-electron chi connectivity index (χ4n) is 2.07. The molecule has 1 rings (SSSR count). The van der Waals surface area contributed by atoms with Crippen molar-refractivity contribution < 1.29 is 13.2 Å². The molecule has 0 aliphatic heterocycles. The summed E-state index contributed by atoms with van der Waals surface area (Å²) in [6, 6.07) is 6.50. The summed E-state index contributed by atoms with van der Waals surface area (Å²) in [6.07, 6.45) is 1.93. The van der Waals surface area contributed by atoms with Gasteiger partial charge in [-0.1, -0.05) is 26.0 Å². The van der Waals surface area contributed by atoms with E-state index in [2.05, 4.69) is 19.2 Å². The zero-order valence-electron chi connectivity index (χ0n) is 12.8. The van der Waals surface area contributed by atoms with E-state index in [1.54, 1.807) is 24.3 Å². The van der Waals surface area contributed by atoms with Crippen molar-refractivity contribution in [2.45, 2.75) is 31.7 Å². The topological polar surface area (TPSA) is 89.3 Å². The Bertz CT molecular complexity index is 565. The minimum absolute atomic E-state index is 0.0570. The molecule has 0 radical (unpaired) electrons. The SMILES string of the molecule is CC(C)CC(CN)C(=O)NCc1ccc(S(C)(=O)=O)cc1. The normalized spacial score (nSPS) is 13.2. The van der Waals surface area contributed by atoms with Gasteiger partial charge in [0.15, 0.2) is 9.84 Å². The molecular formula is C15H24N2O3S. The van der Waals surface area contributed by atoms with Crippen LogP contribution in [-0.2, 0) is 21.2 Å². The summed E-state index contributed by atoms with van der Waals surface area (Å²) in [4.78, 5) is 12.3. The van der Waals surface area contributed by atoms with Gasteiger partial charge < -0.3 is 11.1 Å². The molecule has 1 amide bonds. The maximum atomic E-state index is 12.0. The average molecular weight is 312 g/mol. The van der Waals surface area contributed by atoms with Crippen molar-refractivity contribution in [1.29, 1.82) is 0 Å². The lowest BCUT2D eigenvalue weighted by Gasteiger charge is -2.16. The van der Waals surface area contributed by atoms with Crippen LogP contribution in [0.2, 0.25) is 0 Å². The zero-order valence-corrected chi connectivity index (χ0v) is 13.6. The van der Waals surface area contributed by atoms with Crippen LogP contribution in [0.15, 0.2) is 29.2 Å². The monoisotopic (exact) mass is 312 g/mol. The third-order valence-electron chi connectivity index (χ3n) is 3.23. The molecule has 0 aliphatic rings. The molecule has 1 aromatic carbocycles. The minimum Gasteiger partial charge on any atom is -0.352 e. The molecule has 0 fully saturated rings. The fraction of sp³-hybridized carbons (Fsp3) is 0.533. The molecule has 1 atom stereocenters. The van der Waals surface area contributed by atoms with Crippen molar-refractivity contribution in [3.05, 3.63) is 29.8 Å². The Kier molecular flexibility index (Phi) is 6.36. The summed E-state index contributed by atoms with van der Waals surface area (Å²) in [6.45, 7) is 4.81. The van der Waals surface area contributed by atoms with E-state index in [0.717, 1.165) is 12.0 Å². The van der Waals surface area contributed by atoms with Crippen LogP contribution in [0.25, 0.3) is 0 Å². The number of amides is 1. The maximum Gasteiger partial charge on any atom is 0.224 e. The Balaban J connectivity index is 2.60. The van der Waals surface area contributed by atoms with Gasteiger partial charge in [0.05, 0.1) is 10.8 Å². The molecule has 0 bridgehead atoms. The molecule has 0 saturated heterocycles. The van der Waals surface area contributed by atoms with E-state index in [-0.39, 0.29) is 16.7 Å². The Morgan fingerprint density at radius 3 is 2.24 bits per heavy atom. The second-order valence-corrected chi connectivity index (χ2v) is 7.71. The van der Waals surface area contributed by atoms with Gasteiger partial charge in [-0.15, -0.1) is 0 Å². The maximum absolute atomic E-state index is 12.0. The van der Waals surface area contributed by atoms with Gasteiger partial charge >= 0.3 is 0 Å². The number of hydrogen-bond donors (Lipinski definition) is 2. The molecule has 118 valence electrons. The van der Waals surface area contributed by atoms with Crippen LogP contribution in [0.4, 0.5) is 0 Å². The van der Waals surface area contributed by atoms with Gasteiger partial charge in [-0.3, -0.25) is 4.79 Å². The molecule has 1 unspecified atom stereocenters. The van der Waals surface area contributed by atoms with Crippen molar-refractivity contribution in [1.82, 2.24) is 5.32 Å². The Morgan fingerprint density at radius 2 is 1.81 bits per heavy atom. The van der Waals surface area contributed by atoms with Gasteiger partial charge in [0.25, 0.3) is 0 Å². The molecule has 0 saturated carbocycles. The first-order chi connectivity index (χ1) is 9.74. The van der Waals surface area contributed by atoms with E-state index >= 15 is 0 Å². The summed E-state index contributed by atoms with van der Waals surface area (Å²) >= 11 is 0. The van der Waals surface area contributed by atoms with Crippen molar-refractivity contribution in [3.8, 4) is 0 Å². The third-order valence-corrected chi connectivity index (χ3v) is 4.36. The van der Waals surface area contributed by atoms with Crippen molar-refractivity contribution in [2.75, 3.05) is 12.8 Å². The van der Waals surface area contributed by atoms with Gasteiger partial charge in [0.1, 0.15) is 0 Å². The highest BCUT2D eigenvalue weighted by Gasteiger charge is 2.17. The number of rotatable bonds is 7. The smallest absolute Gasteiger partial charge is 0.224 e. The lowest BCUT2D eigenvalue weighted by molar-refractivity contribution is -0.125. The molecular weight excluding hydrogens is 288 g/mol. The highest BCUT2D eigenvalue weighted by molar-refractivity contribution is 7.90. The molecule has 0 spiro atoms. The van der Waals surface area contributed by atoms with Gasteiger partial charge in [-0.05, 0) is 30.0 Å². The predicted molar refractivity (Wildman–Crippen MR) is 83.4 cm³/mol. The second-order valence-electron chi connectivity index (χ2n) is 5.70. The van der Waals surface area contributed by atoms with Crippen LogP contribution < -0.4 is 11.1 Å². The van der Waals surface area contributed by atoms with E-state index in [9.17, 15) is 13.2 Å². The minimum atomic E-state index is -3.19. The first-order valence-corrected chi connectivity index (χ1v) is 8.90. The van der Waals surface area contributed by atoms with E-state index in [0.29, 0.717) is 19.0 Å². The van der Waals surface area contributed by atoms with Gasteiger partial charge in [-0.25, -0.2) is 8.42 Å². The third kappa shape index (κ3) is 5.85. The number of nitrogens with one attached hydrogen (secondary N) is 1. The summed E-state index contributed by atoms with van der Waals surface area (Å²) in [5, 5.41) is 2.85. The summed E-state index contributed by atoms with van der Waals surface area (Å²) in [5.74, 6) is 0.178. The quantitative estimate of drug-likeness (QED) is 0.795. The molecule has 0 heterocycles. The average Bonchev–Trinajstić information content (AvgIpc) is 2.41. The van der Waals surface area contributed by atoms with E-state index in [4.69, 9.17) is 5.73 Å². The van der Waals surface area contributed by atoms with Crippen LogP contribution in [-0.4, -0.2) is 27.1 Å². The zero-order chi connectivity index (χ0) is 16.0. The largest absolute Gasteiger partial charge is 0.352 e. The summed E-state index contributed by atoms with van der Waals surface area (Å²) < 4.78 is 22.7. The number of nitrogens with two attached hydrogens (primary N) is 1. The van der Waals surface area contributed by atoms with Crippen LogP contribution in [0.1, 0.15) is 25.8 Å². The summed E-state index contributed by atoms with van der Waals surface area (Å²) in [5.41, 5.74) is 6.49. The molecule has 0 aromatic heterocycles. The Labute approximate surface area is 126 Å². The molecule has 0 aliphatic carbocycles. The fourth-order valence-corrected chi connectivity index (χ4v) is 2.70. The van der Waals surface area contributed by atoms with E-state index < -0.39 is 9.84 Å². The predicted octanol–water partition coefficient (Wildman–Crippen LogP) is 1.33. The highest BCUT2D eigenvalue weighted by Crippen LogP contribution is 2.12. The number of carbonyl (C=O) groups is 1. The number of sulfone groups is 1. The highest BCUT2D eigenvalue weighted by atomic mass is 32.2. The molecule has 6 heteroatoms. The lowest BCUT2D eigenvalue weighted by atomic mass is 9.96. The van der Waals surface area contributed by atoms with Crippen molar-refractivity contribution >= 4 is 15.7 Å². The number of benzene rings is 1. The standard InChI is InChI=1S/C15H24N2O3S/c1-11(2)8-13(9-16)15(18)17-10-12-4-6-14(7-5-12)21(3,19)20/h4-7,11,13H,8-10,16H2,1-3H3,(H,17,18). The van der Waals surface area contributed by atoms with Crippen LogP contribution >= 0.6 is 0 Å². The number of hydrogen-bond acceptors (Lipinski definition) is 4. The van der Waals surface area contributed by atoms with Gasteiger partial charge in [0.2, 0.25) is 5.91 Å². The molecule has 1 aromatic rings. The van der Waals surface area contributed by atoms with Crippen molar-refractivity contribution in [3.63, 3.8) is 0 Å². The second kappa shape index (κ2) is 7.56. The van der Waals surface area contributed by atoms with E-state index in [1.165, 1.54) is 6.26 Å². The Morgan fingerprint density at radius 1 is 1.24 bits per heavy atom.